The van der Waals surface area contributed by atoms with E-state index >= 15 is 0 Å². The van der Waals surface area contributed by atoms with E-state index in [0.29, 0.717) is 30.8 Å². The van der Waals surface area contributed by atoms with Gasteiger partial charge in [0.2, 0.25) is 10.0 Å². The van der Waals surface area contributed by atoms with E-state index < -0.39 is 22.1 Å². The minimum absolute atomic E-state index is 0. The summed E-state index contributed by atoms with van der Waals surface area (Å²) in [6, 6.07) is 4.65. The van der Waals surface area contributed by atoms with Crippen molar-refractivity contribution in [3.63, 3.8) is 0 Å². The number of carbonyl (C=O) groups is 1. The minimum Gasteiger partial charge on any atom is -0.478 e. The number of hydrogen-bond donors (Lipinski definition) is 1. The van der Waals surface area contributed by atoms with E-state index in [2.05, 4.69) is 0 Å². The Balaban J connectivity index is 0.00000338. The fraction of sp³-hybridized carbons (Fsp3) is 0.588. The summed E-state index contributed by atoms with van der Waals surface area (Å²) in [7, 11) is -2.11. The second-order valence-electron chi connectivity index (χ2n) is 6.96. The van der Waals surface area contributed by atoms with Crippen molar-refractivity contribution < 1.29 is 22.7 Å². The lowest BCUT2D eigenvalue weighted by atomic mass is 9.94. The summed E-state index contributed by atoms with van der Waals surface area (Å²) >= 11 is 0. The molecule has 0 amide bonds. The van der Waals surface area contributed by atoms with Gasteiger partial charge in [-0.3, -0.25) is 0 Å². The lowest BCUT2D eigenvalue weighted by molar-refractivity contribution is -0.150. The molecule has 1 aromatic rings. The van der Waals surface area contributed by atoms with Crippen molar-refractivity contribution in [1.29, 1.82) is 0 Å². The Bertz CT molecular complexity index is 752. The van der Waals surface area contributed by atoms with Gasteiger partial charge in [0, 0.05) is 20.0 Å². The Kier molecular flexibility index (Phi) is 7.47. The maximum atomic E-state index is 12.8. The van der Waals surface area contributed by atoms with Crippen LogP contribution in [0.2, 0.25) is 0 Å². The number of sulfonamides is 1. The van der Waals surface area contributed by atoms with E-state index in [1.165, 1.54) is 17.4 Å². The fourth-order valence-electron chi connectivity index (χ4n) is 2.68. The third-order valence-corrected chi connectivity index (χ3v) is 5.97. The Morgan fingerprint density at radius 3 is 2.65 bits per heavy atom. The van der Waals surface area contributed by atoms with Crippen molar-refractivity contribution in [3.05, 3.63) is 23.8 Å². The number of benzene rings is 1. The number of nitrogens with zero attached hydrogens (tertiary/aromatic N) is 1. The number of hydrogen-bond acceptors (Lipinski definition) is 6. The molecule has 0 aromatic heterocycles. The molecular formula is C17H27ClN2O5S. The summed E-state index contributed by atoms with van der Waals surface area (Å²) < 4.78 is 37.4. The number of carbonyl (C=O) groups excluding carboxylic acids is 1. The number of halogens is 1. The van der Waals surface area contributed by atoms with Crippen LogP contribution in [0.5, 0.6) is 5.75 Å². The van der Waals surface area contributed by atoms with E-state index in [-0.39, 0.29) is 29.3 Å². The number of nitrogens with two attached hydrogens (primary N) is 1. The zero-order valence-electron chi connectivity index (χ0n) is 15.5. The molecule has 0 saturated carbocycles. The molecule has 0 radical (unpaired) electrons. The predicted molar refractivity (Wildman–Crippen MR) is 101 cm³/mol. The summed E-state index contributed by atoms with van der Waals surface area (Å²) in [4.78, 5) is 12.0. The molecule has 148 valence electrons. The zero-order valence-corrected chi connectivity index (χ0v) is 17.2. The molecule has 1 heterocycles. The average molecular weight is 407 g/mol. The number of fused-ring (bicyclic) bond motifs is 1. The topological polar surface area (TPSA) is 98.9 Å². The van der Waals surface area contributed by atoms with Crippen molar-refractivity contribution in [2.24, 2.45) is 11.1 Å². The van der Waals surface area contributed by atoms with Crippen molar-refractivity contribution in [1.82, 2.24) is 4.31 Å². The highest BCUT2D eigenvalue weighted by Crippen LogP contribution is 2.32. The lowest BCUT2D eigenvalue weighted by Gasteiger charge is -2.28. The standard InChI is InChI=1S/C17H26N2O5S.ClH/c1-5-23-16(20)15-9-12-8-13(6-7-14(12)24-15)25(21,22)19(4)11-17(2,3)10-18;/h6-8,15H,5,9-11,18H2,1-4H3;1H. The Hall–Kier alpha value is -1.35. The molecule has 1 atom stereocenters. The molecule has 7 nitrogen and oxygen atoms in total. The van der Waals surface area contributed by atoms with Crippen molar-refractivity contribution in [3.8, 4) is 5.75 Å². The second kappa shape index (κ2) is 8.56. The van der Waals surface area contributed by atoms with Gasteiger partial charge in [-0.05, 0) is 42.6 Å². The molecule has 1 aromatic carbocycles. The molecule has 1 unspecified atom stereocenters. The van der Waals surface area contributed by atoms with Crippen LogP contribution in [0.25, 0.3) is 0 Å². The first-order valence-electron chi connectivity index (χ1n) is 8.23. The summed E-state index contributed by atoms with van der Waals surface area (Å²) in [5.74, 6) is 0.0758. The van der Waals surface area contributed by atoms with Gasteiger partial charge in [-0.1, -0.05) is 13.8 Å². The predicted octanol–water partition coefficient (Wildman–Crippen LogP) is 1.58. The van der Waals surface area contributed by atoms with Crippen LogP contribution in [-0.4, -0.2) is 51.5 Å². The number of ether oxygens (including phenoxy) is 2. The van der Waals surface area contributed by atoms with Gasteiger partial charge in [0.15, 0.2) is 6.10 Å². The van der Waals surface area contributed by atoms with Crippen LogP contribution in [0.15, 0.2) is 23.1 Å². The SMILES string of the molecule is CCOC(=O)C1Cc2cc(S(=O)(=O)N(C)CC(C)(C)CN)ccc2O1.Cl. The van der Waals surface area contributed by atoms with Crippen molar-refractivity contribution in [2.75, 3.05) is 26.7 Å². The first-order valence-corrected chi connectivity index (χ1v) is 9.67. The summed E-state index contributed by atoms with van der Waals surface area (Å²) in [6.45, 7) is 6.52. The van der Waals surface area contributed by atoms with Crippen molar-refractivity contribution in [2.45, 2.75) is 38.2 Å². The van der Waals surface area contributed by atoms with Gasteiger partial charge < -0.3 is 15.2 Å². The Labute approximate surface area is 161 Å². The van der Waals surface area contributed by atoms with Crippen LogP contribution in [-0.2, 0) is 26.0 Å². The molecular weight excluding hydrogens is 380 g/mol. The average Bonchev–Trinajstić information content (AvgIpc) is 2.97. The molecule has 0 spiro atoms. The third kappa shape index (κ3) is 4.88. The van der Waals surface area contributed by atoms with E-state index in [1.54, 1.807) is 19.1 Å². The van der Waals surface area contributed by atoms with Crippen LogP contribution in [0.1, 0.15) is 26.3 Å². The monoisotopic (exact) mass is 406 g/mol. The smallest absolute Gasteiger partial charge is 0.347 e. The Morgan fingerprint density at radius 1 is 1.42 bits per heavy atom. The summed E-state index contributed by atoms with van der Waals surface area (Å²) in [6.07, 6.45) is -0.419. The third-order valence-electron chi connectivity index (χ3n) is 4.17. The van der Waals surface area contributed by atoms with Crippen LogP contribution in [0.4, 0.5) is 0 Å². The molecule has 0 bridgehead atoms. The molecule has 26 heavy (non-hydrogen) atoms. The highest BCUT2D eigenvalue weighted by atomic mass is 35.5. The molecule has 2 rings (SSSR count). The van der Waals surface area contributed by atoms with E-state index in [1.807, 2.05) is 13.8 Å². The van der Waals surface area contributed by atoms with Gasteiger partial charge in [-0.15, -0.1) is 12.4 Å². The summed E-state index contributed by atoms with van der Waals surface area (Å²) in [5.41, 5.74) is 6.06. The van der Waals surface area contributed by atoms with Crippen LogP contribution >= 0.6 is 12.4 Å². The highest BCUT2D eigenvalue weighted by molar-refractivity contribution is 7.89. The summed E-state index contributed by atoms with van der Waals surface area (Å²) in [5, 5.41) is 0. The first kappa shape index (κ1) is 22.7. The van der Waals surface area contributed by atoms with Crippen molar-refractivity contribution >= 4 is 28.4 Å². The maximum Gasteiger partial charge on any atom is 0.347 e. The highest BCUT2D eigenvalue weighted by Gasteiger charge is 2.33. The van der Waals surface area contributed by atoms with Crippen LogP contribution < -0.4 is 10.5 Å². The molecule has 0 aliphatic carbocycles. The van der Waals surface area contributed by atoms with Gasteiger partial charge in [0.1, 0.15) is 5.75 Å². The number of esters is 1. The number of rotatable bonds is 7. The molecule has 2 N–H and O–H groups in total. The molecule has 1 aliphatic rings. The molecule has 0 fully saturated rings. The van der Waals surface area contributed by atoms with Crippen LogP contribution in [0, 0.1) is 5.41 Å². The van der Waals surface area contributed by atoms with E-state index in [4.69, 9.17) is 15.2 Å². The quantitative estimate of drug-likeness (QED) is 0.690. The molecule has 1 aliphatic heterocycles. The van der Waals surface area contributed by atoms with Gasteiger partial charge in [0.25, 0.3) is 0 Å². The Morgan fingerprint density at radius 2 is 2.08 bits per heavy atom. The second-order valence-corrected chi connectivity index (χ2v) is 9.01. The molecule has 0 saturated heterocycles. The van der Waals surface area contributed by atoms with E-state index in [9.17, 15) is 13.2 Å². The first-order chi connectivity index (χ1) is 11.6. The minimum atomic E-state index is -3.65. The molecule has 9 heteroatoms. The van der Waals surface area contributed by atoms with Gasteiger partial charge in [0.05, 0.1) is 11.5 Å². The maximum absolute atomic E-state index is 12.8. The van der Waals surface area contributed by atoms with Crippen LogP contribution in [0.3, 0.4) is 0 Å². The lowest BCUT2D eigenvalue weighted by Crippen LogP contribution is -2.39. The van der Waals surface area contributed by atoms with E-state index in [0.717, 1.165) is 0 Å². The zero-order chi connectivity index (χ0) is 18.8. The van der Waals surface area contributed by atoms with Gasteiger partial charge in [-0.2, -0.15) is 0 Å². The largest absolute Gasteiger partial charge is 0.478 e. The normalized spacial score (nSPS) is 16.6. The van der Waals surface area contributed by atoms with Gasteiger partial charge >= 0.3 is 5.97 Å². The van der Waals surface area contributed by atoms with Gasteiger partial charge in [-0.25, -0.2) is 17.5 Å². The fourth-order valence-corrected chi connectivity index (χ4v) is 4.09.